The van der Waals surface area contributed by atoms with Gasteiger partial charge in [0.15, 0.2) is 11.5 Å². The summed E-state index contributed by atoms with van der Waals surface area (Å²) in [6.07, 6.45) is 5.00. The van der Waals surface area contributed by atoms with E-state index in [2.05, 4.69) is 0 Å². The smallest absolute Gasteiger partial charge is 0.160 e. The van der Waals surface area contributed by atoms with Gasteiger partial charge in [-0.15, -0.1) is 0 Å². The van der Waals surface area contributed by atoms with Crippen molar-refractivity contribution in [1.82, 2.24) is 0 Å². The zero-order chi connectivity index (χ0) is 17.1. The SMILES string of the molecule is COc1cc(CCC(O)CC(O)CCCCCCO)ccc1O. The Balaban J connectivity index is 2.24. The first-order valence-electron chi connectivity index (χ1n) is 8.39. The minimum Gasteiger partial charge on any atom is -0.504 e. The van der Waals surface area contributed by atoms with Gasteiger partial charge < -0.3 is 25.2 Å². The monoisotopic (exact) mass is 326 g/mol. The molecule has 0 fully saturated rings. The summed E-state index contributed by atoms with van der Waals surface area (Å²) in [5.74, 6) is 0.535. The average Bonchev–Trinajstić information content (AvgIpc) is 2.54. The molecule has 1 aromatic carbocycles. The second kappa shape index (κ2) is 11.3. The molecular weight excluding hydrogens is 296 g/mol. The second-order valence-electron chi connectivity index (χ2n) is 6.01. The summed E-state index contributed by atoms with van der Waals surface area (Å²) >= 11 is 0. The molecule has 2 atom stereocenters. The second-order valence-corrected chi connectivity index (χ2v) is 6.01. The average molecular weight is 326 g/mol. The number of aryl methyl sites for hydroxylation is 1. The molecular formula is C18H30O5. The minimum absolute atomic E-state index is 0.105. The van der Waals surface area contributed by atoms with E-state index in [1.165, 1.54) is 7.11 Å². The molecule has 0 aliphatic heterocycles. The lowest BCUT2D eigenvalue weighted by molar-refractivity contribution is 0.0696. The summed E-state index contributed by atoms with van der Waals surface area (Å²) in [4.78, 5) is 0. The van der Waals surface area contributed by atoms with Crippen LogP contribution < -0.4 is 4.74 Å². The third kappa shape index (κ3) is 8.21. The summed E-state index contributed by atoms with van der Waals surface area (Å²) in [5, 5.41) is 38.2. The molecule has 5 nitrogen and oxygen atoms in total. The zero-order valence-corrected chi connectivity index (χ0v) is 13.9. The van der Waals surface area contributed by atoms with Crippen molar-refractivity contribution in [3.05, 3.63) is 23.8 Å². The first-order chi connectivity index (χ1) is 11.1. The molecule has 0 aliphatic carbocycles. The van der Waals surface area contributed by atoms with Gasteiger partial charge in [0, 0.05) is 6.61 Å². The van der Waals surface area contributed by atoms with E-state index < -0.39 is 12.2 Å². The van der Waals surface area contributed by atoms with Crippen LogP contribution in [0, 0.1) is 0 Å². The molecule has 0 saturated carbocycles. The Labute approximate surface area is 138 Å². The fourth-order valence-corrected chi connectivity index (χ4v) is 2.61. The van der Waals surface area contributed by atoms with E-state index in [0.717, 1.165) is 31.2 Å². The number of phenols is 1. The highest BCUT2D eigenvalue weighted by Crippen LogP contribution is 2.27. The lowest BCUT2D eigenvalue weighted by atomic mass is 9.99. The number of hydrogen-bond acceptors (Lipinski definition) is 5. The van der Waals surface area contributed by atoms with Gasteiger partial charge in [-0.1, -0.05) is 25.3 Å². The van der Waals surface area contributed by atoms with Crippen molar-refractivity contribution < 1.29 is 25.2 Å². The molecule has 23 heavy (non-hydrogen) atoms. The molecule has 2 unspecified atom stereocenters. The Morgan fingerprint density at radius 2 is 1.70 bits per heavy atom. The third-order valence-corrected chi connectivity index (χ3v) is 4.00. The molecule has 4 N–H and O–H groups in total. The van der Waals surface area contributed by atoms with Crippen molar-refractivity contribution in [3.8, 4) is 11.5 Å². The highest BCUT2D eigenvalue weighted by molar-refractivity contribution is 5.41. The summed E-state index contributed by atoms with van der Waals surface area (Å²) in [6.45, 7) is 0.226. The van der Waals surface area contributed by atoms with E-state index in [-0.39, 0.29) is 12.4 Å². The Kier molecular flexibility index (Phi) is 9.67. The van der Waals surface area contributed by atoms with Gasteiger partial charge in [0.2, 0.25) is 0 Å². The lowest BCUT2D eigenvalue weighted by Gasteiger charge is -2.16. The number of methoxy groups -OCH3 is 1. The predicted molar refractivity (Wildman–Crippen MR) is 89.8 cm³/mol. The van der Waals surface area contributed by atoms with Gasteiger partial charge in [0.25, 0.3) is 0 Å². The molecule has 0 saturated heterocycles. The van der Waals surface area contributed by atoms with Gasteiger partial charge in [-0.05, 0) is 49.8 Å². The van der Waals surface area contributed by atoms with Gasteiger partial charge in [-0.3, -0.25) is 0 Å². The number of phenolic OH excluding ortho intramolecular Hbond substituents is 1. The molecule has 1 aromatic rings. The van der Waals surface area contributed by atoms with Crippen molar-refractivity contribution in [2.75, 3.05) is 13.7 Å². The summed E-state index contributed by atoms with van der Waals surface area (Å²) in [5.41, 5.74) is 0.984. The standard InChI is InChI=1S/C18H30O5/c1-23-18-12-14(8-10-17(18)22)7-9-16(21)13-15(20)6-4-2-3-5-11-19/h8,10,12,15-16,19-22H,2-7,9,11,13H2,1H3. The van der Waals surface area contributed by atoms with Crippen LogP contribution in [0.25, 0.3) is 0 Å². The fraction of sp³-hybridized carbons (Fsp3) is 0.667. The van der Waals surface area contributed by atoms with Crippen molar-refractivity contribution >= 4 is 0 Å². The molecule has 0 heterocycles. The third-order valence-electron chi connectivity index (χ3n) is 4.00. The number of hydrogen-bond donors (Lipinski definition) is 4. The summed E-state index contributed by atoms with van der Waals surface area (Å²) < 4.78 is 5.06. The largest absolute Gasteiger partial charge is 0.504 e. The topological polar surface area (TPSA) is 90.2 Å². The van der Waals surface area contributed by atoms with Crippen LogP contribution in [0.15, 0.2) is 18.2 Å². The highest BCUT2D eigenvalue weighted by Gasteiger charge is 2.12. The number of unbranched alkanes of at least 4 members (excludes halogenated alkanes) is 3. The van der Waals surface area contributed by atoms with Gasteiger partial charge >= 0.3 is 0 Å². The number of benzene rings is 1. The maximum atomic E-state index is 10.0. The van der Waals surface area contributed by atoms with Crippen LogP contribution in [0.4, 0.5) is 0 Å². The van der Waals surface area contributed by atoms with Gasteiger partial charge in [0.1, 0.15) is 0 Å². The van der Waals surface area contributed by atoms with Crippen molar-refractivity contribution in [3.63, 3.8) is 0 Å². The van der Waals surface area contributed by atoms with Gasteiger partial charge in [0.05, 0.1) is 19.3 Å². The van der Waals surface area contributed by atoms with Gasteiger partial charge in [-0.25, -0.2) is 0 Å². The molecule has 1 rings (SSSR count). The van der Waals surface area contributed by atoms with Crippen LogP contribution >= 0.6 is 0 Å². The minimum atomic E-state index is -0.540. The van der Waals surface area contributed by atoms with Crippen LogP contribution in [0.1, 0.15) is 50.5 Å². The van der Waals surface area contributed by atoms with Crippen LogP contribution in [0.3, 0.4) is 0 Å². The maximum absolute atomic E-state index is 10.0. The van der Waals surface area contributed by atoms with Crippen molar-refractivity contribution in [2.45, 2.75) is 63.6 Å². The Hall–Kier alpha value is -1.30. The molecule has 5 heteroatoms. The molecule has 0 spiro atoms. The van der Waals surface area contributed by atoms with Crippen molar-refractivity contribution in [1.29, 1.82) is 0 Å². The van der Waals surface area contributed by atoms with E-state index in [4.69, 9.17) is 9.84 Å². The van der Waals surface area contributed by atoms with Crippen molar-refractivity contribution in [2.24, 2.45) is 0 Å². The Morgan fingerprint density at radius 1 is 1.00 bits per heavy atom. The number of ether oxygens (including phenoxy) is 1. The predicted octanol–water partition coefficient (Wildman–Crippen LogP) is 2.39. The fourth-order valence-electron chi connectivity index (χ4n) is 2.61. The van der Waals surface area contributed by atoms with Crippen LogP contribution in [-0.4, -0.2) is 46.4 Å². The number of aromatic hydroxyl groups is 1. The van der Waals surface area contributed by atoms with E-state index in [1.54, 1.807) is 12.1 Å². The molecule has 0 radical (unpaired) electrons. The maximum Gasteiger partial charge on any atom is 0.160 e. The molecule has 0 amide bonds. The van der Waals surface area contributed by atoms with Crippen LogP contribution in [-0.2, 0) is 6.42 Å². The van der Waals surface area contributed by atoms with Gasteiger partial charge in [-0.2, -0.15) is 0 Å². The Bertz CT molecular complexity index is 435. The highest BCUT2D eigenvalue weighted by atomic mass is 16.5. The first kappa shape index (κ1) is 19.7. The zero-order valence-electron chi connectivity index (χ0n) is 13.9. The summed E-state index contributed by atoms with van der Waals surface area (Å²) in [7, 11) is 1.50. The first-order valence-corrected chi connectivity index (χ1v) is 8.39. The number of aliphatic hydroxyl groups excluding tert-OH is 3. The lowest BCUT2D eigenvalue weighted by Crippen LogP contribution is -2.18. The van der Waals surface area contributed by atoms with E-state index in [9.17, 15) is 15.3 Å². The molecule has 0 aliphatic rings. The molecule has 0 aromatic heterocycles. The van der Waals surface area contributed by atoms with E-state index >= 15 is 0 Å². The normalized spacial score (nSPS) is 13.7. The van der Waals surface area contributed by atoms with E-state index in [1.807, 2.05) is 6.07 Å². The number of rotatable bonds is 12. The Morgan fingerprint density at radius 3 is 2.39 bits per heavy atom. The molecule has 132 valence electrons. The quantitative estimate of drug-likeness (QED) is 0.443. The van der Waals surface area contributed by atoms with Crippen LogP contribution in [0.2, 0.25) is 0 Å². The summed E-state index contributed by atoms with van der Waals surface area (Å²) in [6, 6.07) is 5.16. The van der Waals surface area contributed by atoms with E-state index in [0.29, 0.717) is 31.4 Å². The number of aliphatic hydroxyl groups is 3. The molecule has 0 bridgehead atoms. The van der Waals surface area contributed by atoms with Crippen LogP contribution in [0.5, 0.6) is 11.5 Å².